The molecule has 0 bridgehead atoms. The molecule has 4 rings (SSSR count). The number of sulfonamides is 1. The molecule has 0 spiro atoms. The lowest BCUT2D eigenvalue weighted by Gasteiger charge is -2.13. The molecule has 0 atom stereocenters. The summed E-state index contributed by atoms with van der Waals surface area (Å²) >= 11 is 1.08. The Morgan fingerprint density at radius 1 is 1.15 bits per heavy atom. The van der Waals surface area contributed by atoms with E-state index in [0.717, 1.165) is 17.8 Å². The van der Waals surface area contributed by atoms with Gasteiger partial charge in [-0.05, 0) is 38.5 Å². The van der Waals surface area contributed by atoms with Gasteiger partial charge in [0.1, 0.15) is 11.3 Å². The Morgan fingerprint density at radius 3 is 2.62 bits per heavy atom. The Morgan fingerprint density at radius 2 is 1.94 bits per heavy atom. The lowest BCUT2D eigenvalue weighted by molar-refractivity contribution is 0.311. The second-order valence-electron chi connectivity index (χ2n) is 7.41. The van der Waals surface area contributed by atoms with Crippen molar-refractivity contribution in [3.05, 3.63) is 57.8 Å². The SMILES string of the molecule is CCCOc1cnc2ccc(-c3cnc(OC)c(NS(=O)(=O)c4sc(C)nc4C)c3)cn2c1=O. The van der Waals surface area contributed by atoms with Crippen LogP contribution in [-0.4, -0.2) is 41.5 Å². The fourth-order valence-electron chi connectivity index (χ4n) is 3.34. The minimum Gasteiger partial charge on any atom is -0.487 e. The average molecular weight is 502 g/mol. The van der Waals surface area contributed by atoms with Crippen molar-refractivity contribution in [1.82, 2.24) is 19.4 Å². The van der Waals surface area contributed by atoms with Crippen LogP contribution in [0.15, 0.2) is 45.8 Å². The van der Waals surface area contributed by atoms with E-state index in [9.17, 15) is 13.2 Å². The van der Waals surface area contributed by atoms with Gasteiger partial charge in [0.05, 0.1) is 30.6 Å². The smallest absolute Gasteiger partial charge is 0.300 e. The van der Waals surface area contributed by atoms with Crippen LogP contribution in [0.25, 0.3) is 16.8 Å². The highest BCUT2D eigenvalue weighted by Gasteiger charge is 2.23. The van der Waals surface area contributed by atoms with Gasteiger partial charge in [0.2, 0.25) is 11.6 Å². The van der Waals surface area contributed by atoms with E-state index in [1.165, 1.54) is 23.9 Å². The van der Waals surface area contributed by atoms with Crippen molar-refractivity contribution >= 4 is 32.7 Å². The molecule has 0 aliphatic heterocycles. The first-order valence-corrected chi connectivity index (χ1v) is 12.7. The highest BCUT2D eigenvalue weighted by atomic mass is 32.2. The summed E-state index contributed by atoms with van der Waals surface area (Å²) in [6, 6.07) is 5.06. The number of rotatable bonds is 8. The molecule has 0 aliphatic rings. The van der Waals surface area contributed by atoms with Crippen LogP contribution in [0.3, 0.4) is 0 Å². The number of thiazole rings is 1. The van der Waals surface area contributed by atoms with Gasteiger partial charge in [0.15, 0.2) is 4.21 Å². The van der Waals surface area contributed by atoms with E-state index >= 15 is 0 Å². The normalized spacial score (nSPS) is 11.5. The van der Waals surface area contributed by atoms with E-state index in [4.69, 9.17) is 9.47 Å². The summed E-state index contributed by atoms with van der Waals surface area (Å²) in [5.74, 6) is 0.272. The van der Waals surface area contributed by atoms with Crippen molar-refractivity contribution in [2.24, 2.45) is 0 Å². The zero-order chi connectivity index (χ0) is 24.5. The average Bonchev–Trinajstić information content (AvgIpc) is 3.17. The predicted molar refractivity (Wildman–Crippen MR) is 129 cm³/mol. The van der Waals surface area contributed by atoms with Gasteiger partial charge in [-0.25, -0.2) is 23.4 Å². The number of ether oxygens (including phenoxy) is 2. The Bertz CT molecular complexity index is 1530. The number of methoxy groups -OCH3 is 1. The molecule has 0 unspecified atom stereocenters. The number of hydrogen-bond acceptors (Lipinski definition) is 9. The van der Waals surface area contributed by atoms with Crippen LogP contribution in [0.4, 0.5) is 5.69 Å². The summed E-state index contributed by atoms with van der Waals surface area (Å²) in [6.07, 6.45) is 5.33. The molecule has 10 nitrogen and oxygen atoms in total. The number of pyridine rings is 2. The molecule has 0 fully saturated rings. The van der Waals surface area contributed by atoms with Gasteiger partial charge in [-0.1, -0.05) is 6.92 Å². The molecule has 12 heteroatoms. The molecule has 0 radical (unpaired) electrons. The van der Waals surface area contributed by atoms with Crippen molar-refractivity contribution in [3.63, 3.8) is 0 Å². The Kier molecular flexibility index (Phi) is 6.53. The van der Waals surface area contributed by atoms with Crippen LogP contribution in [0.2, 0.25) is 0 Å². The van der Waals surface area contributed by atoms with Gasteiger partial charge in [-0.2, -0.15) is 0 Å². The highest BCUT2D eigenvalue weighted by molar-refractivity contribution is 7.94. The van der Waals surface area contributed by atoms with Crippen LogP contribution in [-0.2, 0) is 10.0 Å². The summed E-state index contributed by atoms with van der Waals surface area (Å²) in [4.78, 5) is 25.5. The molecule has 4 aromatic rings. The van der Waals surface area contributed by atoms with E-state index in [1.807, 2.05) is 6.92 Å². The molecule has 34 heavy (non-hydrogen) atoms. The van der Waals surface area contributed by atoms with Gasteiger partial charge in [-0.3, -0.25) is 13.9 Å². The van der Waals surface area contributed by atoms with Gasteiger partial charge < -0.3 is 9.47 Å². The van der Waals surface area contributed by atoms with Gasteiger partial charge in [0.25, 0.3) is 15.6 Å². The second-order valence-corrected chi connectivity index (χ2v) is 10.5. The maximum Gasteiger partial charge on any atom is 0.300 e. The number of nitrogens with zero attached hydrogens (tertiary/aromatic N) is 4. The van der Waals surface area contributed by atoms with Crippen molar-refractivity contribution in [3.8, 4) is 22.8 Å². The van der Waals surface area contributed by atoms with E-state index in [-0.39, 0.29) is 27.1 Å². The molecule has 4 aromatic heterocycles. The Balaban J connectivity index is 1.76. The minimum absolute atomic E-state index is 0.112. The quantitative estimate of drug-likeness (QED) is 0.389. The van der Waals surface area contributed by atoms with E-state index < -0.39 is 10.0 Å². The molecule has 0 amide bonds. The predicted octanol–water partition coefficient (Wildman–Crippen LogP) is 3.43. The van der Waals surface area contributed by atoms with Crippen molar-refractivity contribution < 1.29 is 17.9 Å². The third-order valence-electron chi connectivity index (χ3n) is 4.86. The summed E-state index contributed by atoms with van der Waals surface area (Å²) in [7, 11) is -2.50. The Labute approximate surface area is 200 Å². The summed E-state index contributed by atoms with van der Waals surface area (Å²) in [6.45, 7) is 5.75. The number of anilines is 1. The van der Waals surface area contributed by atoms with Gasteiger partial charge in [-0.15, -0.1) is 11.3 Å². The number of aromatic nitrogens is 4. The first kappa shape index (κ1) is 23.6. The molecule has 0 aliphatic carbocycles. The largest absolute Gasteiger partial charge is 0.487 e. The van der Waals surface area contributed by atoms with Crippen LogP contribution in [0.1, 0.15) is 24.0 Å². The highest BCUT2D eigenvalue weighted by Crippen LogP contribution is 2.32. The summed E-state index contributed by atoms with van der Waals surface area (Å²) in [5, 5.41) is 0.647. The zero-order valence-electron chi connectivity index (χ0n) is 19.0. The minimum atomic E-state index is -3.91. The van der Waals surface area contributed by atoms with Crippen LogP contribution in [0, 0.1) is 13.8 Å². The van der Waals surface area contributed by atoms with Crippen molar-refractivity contribution in [2.45, 2.75) is 31.4 Å². The molecular weight excluding hydrogens is 478 g/mol. The van der Waals surface area contributed by atoms with Gasteiger partial charge in [0, 0.05) is 23.5 Å². The van der Waals surface area contributed by atoms with Crippen LogP contribution >= 0.6 is 11.3 Å². The van der Waals surface area contributed by atoms with Crippen molar-refractivity contribution in [2.75, 3.05) is 18.4 Å². The third kappa shape index (κ3) is 4.59. The molecule has 0 saturated carbocycles. The number of hydrogen-bond donors (Lipinski definition) is 1. The maximum absolute atomic E-state index is 13.0. The molecule has 0 aromatic carbocycles. The summed E-state index contributed by atoms with van der Waals surface area (Å²) in [5.41, 5.74) is 1.90. The number of fused-ring (bicyclic) bond motifs is 1. The third-order valence-corrected chi connectivity index (χ3v) is 7.91. The zero-order valence-corrected chi connectivity index (χ0v) is 20.7. The van der Waals surface area contributed by atoms with E-state index in [0.29, 0.717) is 34.1 Å². The van der Waals surface area contributed by atoms with E-state index in [2.05, 4.69) is 19.7 Å². The summed E-state index contributed by atoms with van der Waals surface area (Å²) < 4.78 is 40.8. The second kappa shape index (κ2) is 9.39. The first-order chi connectivity index (χ1) is 16.2. The van der Waals surface area contributed by atoms with Crippen molar-refractivity contribution in [1.29, 1.82) is 0 Å². The number of nitrogens with one attached hydrogen (secondary N) is 1. The fourth-order valence-corrected chi connectivity index (χ4v) is 5.87. The topological polar surface area (TPSA) is 125 Å². The molecule has 0 saturated heterocycles. The molecule has 1 N–H and O–H groups in total. The standard InChI is InChI=1S/C22H23N5O5S2/c1-5-8-32-18-11-23-19-7-6-15(12-27(19)21(18)28)16-9-17(20(31-4)24-10-16)26-34(29,30)22-13(2)25-14(3)33-22/h6-7,9-12,26H,5,8H2,1-4H3. The number of aryl methyl sites for hydroxylation is 2. The first-order valence-electron chi connectivity index (χ1n) is 10.4. The monoisotopic (exact) mass is 501 g/mol. The van der Waals surface area contributed by atoms with Crippen LogP contribution in [0.5, 0.6) is 11.6 Å². The lowest BCUT2D eigenvalue weighted by Crippen LogP contribution is -2.18. The maximum atomic E-state index is 13.0. The molecule has 178 valence electrons. The lowest BCUT2D eigenvalue weighted by atomic mass is 10.1. The molecule has 4 heterocycles. The molecular formula is C22H23N5O5S2. The Hall–Kier alpha value is -3.51. The van der Waals surface area contributed by atoms with Gasteiger partial charge >= 0.3 is 0 Å². The van der Waals surface area contributed by atoms with E-state index in [1.54, 1.807) is 38.2 Å². The van der Waals surface area contributed by atoms with Crippen LogP contribution < -0.4 is 19.8 Å². The fraction of sp³-hybridized carbons (Fsp3) is 0.273.